The first kappa shape index (κ1) is 11.8. The molecule has 3 N–H and O–H groups in total. The van der Waals surface area contributed by atoms with E-state index < -0.39 is 4.92 Å². The van der Waals surface area contributed by atoms with E-state index in [9.17, 15) is 10.1 Å². The molecule has 1 aromatic carbocycles. The number of nitro groups is 1. The van der Waals surface area contributed by atoms with Crippen LogP contribution in [-0.4, -0.2) is 14.9 Å². The maximum absolute atomic E-state index is 10.6. The second-order valence-corrected chi connectivity index (χ2v) is 3.69. The van der Waals surface area contributed by atoms with E-state index >= 15 is 0 Å². The van der Waals surface area contributed by atoms with Crippen LogP contribution in [-0.2, 0) is 0 Å². The van der Waals surface area contributed by atoms with Crippen molar-refractivity contribution in [3.63, 3.8) is 0 Å². The monoisotopic (exact) mass is 245 g/mol. The van der Waals surface area contributed by atoms with E-state index in [4.69, 9.17) is 5.73 Å². The fraction of sp³-hybridized carbons (Fsp3) is 0.0909. The van der Waals surface area contributed by atoms with Gasteiger partial charge in [0.15, 0.2) is 0 Å². The van der Waals surface area contributed by atoms with Crippen LogP contribution in [0.25, 0.3) is 0 Å². The van der Waals surface area contributed by atoms with Crippen LogP contribution in [0.3, 0.4) is 0 Å². The molecule has 1 heterocycles. The minimum absolute atomic E-state index is 0.0127. The van der Waals surface area contributed by atoms with Crippen LogP contribution < -0.4 is 11.1 Å². The zero-order valence-electron chi connectivity index (χ0n) is 9.62. The molecule has 2 aromatic rings. The number of nitrogens with one attached hydrogen (secondary N) is 1. The molecule has 0 fully saturated rings. The highest BCUT2D eigenvalue weighted by atomic mass is 16.6. The molecule has 0 atom stereocenters. The lowest BCUT2D eigenvalue weighted by Crippen LogP contribution is -2.01. The van der Waals surface area contributed by atoms with Gasteiger partial charge in [-0.15, -0.1) is 0 Å². The Morgan fingerprint density at radius 3 is 2.78 bits per heavy atom. The summed E-state index contributed by atoms with van der Waals surface area (Å²) in [7, 11) is 0. The lowest BCUT2D eigenvalue weighted by Gasteiger charge is -2.06. The summed E-state index contributed by atoms with van der Waals surface area (Å²) in [5.74, 6) is 0.656. The number of hydrogen-bond acceptors (Lipinski definition) is 6. The van der Waals surface area contributed by atoms with Gasteiger partial charge in [0, 0.05) is 29.6 Å². The number of nitrogens with two attached hydrogens (primary N) is 1. The van der Waals surface area contributed by atoms with E-state index in [2.05, 4.69) is 15.3 Å². The molecule has 92 valence electrons. The summed E-state index contributed by atoms with van der Waals surface area (Å²) in [6.45, 7) is 1.79. The number of nitro benzene ring substituents is 1. The molecule has 0 bridgehead atoms. The first-order chi connectivity index (χ1) is 8.54. The molecule has 7 nitrogen and oxygen atoms in total. The Bertz CT molecular complexity index is 579. The van der Waals surface area contributed by atoms with E-state index in [0.29, 0.717) is 11.5 Å². The van der Waals surface area contributed by atoms with Crippen molar-refractivity contribution in [3.8, 4) is 0 Å². The topological polar surface area (TPSA) is 107 Å². The molecule has 0 unspecified atom stereocenters. The zero-order valence-corrected chi connectivity index (χ0v) is 9.62. The molecule has 0 saturated heterocycles. The smallest absolute Gasteiger partial charge is 0.271 e. The van der Waals surface area contributed by atoms with E-state index in [-0.39, 0.29) is 11.6 Å². The second kappa shape index (κ2) is 4.66. The van der Waals surface area contributed by atoms with Gasteiger partial charge in [0.25, 0.3) is 5.69 Å². The average Bonchev–Trinajstić information content (AvgIpc) is 2.27. The van der Waals surface area contributed by atoms with Crippen LogP contribution in [0.5, 0.6) is 0 Å². The fourth-order valence-corrected chi connectivity index (χ4v) is 1.50. The maximum atomic E-state index is 10.6. The highest BCUT2D eigenvalue weighted by Gasteiger charge is 2.06. The van der Waals surface area contributed by atoms with Crippen molar-refractivity contribution >= 4 is 23.1 Å². The SMILES string of the molecule is Cc1cc(Nc2cccc([N+](=O)[O-])c2)nc(N)n1. The van der Waals surface area contributed by atoms with Crippen molar-refractivity contribution in [1.82, 2.24) is 9.97 Å². The van der Waals surface area contributed by atoms with Gasteiger partial charge in [0.05, 0.1) is 4.92 Å². The maximum Gasteiger partial charge on any atom is 0.271 e. The highest BCUT2D eigenvalue weighted by molar-refractivity contribution is 5.60. The number of aryl methyl sites for hydroxylation is 1. The van der Waals surface area contributed by atoms with E-state index in [1.54, 1.807) is 25.1 Å². The third-order valence-electron chi connectivity index (χ3n) is 2.20. The Morgan fingerprint density at radius 1 is 1.33 bits per heavy atom. The number of aromatic nitrogens is 2. The van der Waals surface area contributed by atoms with Crippen molar-refractivity contribution in [3.05, 3.63) is 46.1 Å². The summed E-state index contributed by atoms with van der Waals surface area (Å²) in [5, 5.41) is 13.6. The summed E-state index contributed by atoms with van der Waals surface area (Å²) in [6.07, 6.45) is 0. The molecular weight excluding hydrogens is 234 g/mol. The Hall–Kier alpha value is -2.70. The molecular formula is C11H11N5O2. The molecule has 0 aliphatic rings. The molecule has 0 amide bonds. The summed E-state index contributed by atoms with van der Waals surface area (Å²) in [6, 6.07) is 7.85. The molecule has 0 aliphatic heterocycles. The number of anilines is 3. The van der Waals surface area contributed by atoms with E-state index in [1.165, 1.54) is 12.1 Å². The normalized spacial score (nSPS) is 10.1. The lowest BCUT2D eigenvalue weighted by molar-refractivity contribution is -0.384. The first-order valence-corrected chi connectivity index (χ1v) is 5.17. The minimum atomic E-state index is -0.454. The van der Waals surface area contributed by atoms with Crippen LogP contribution in [0.2, 0.25) is 0 Å². The van der Waals surface area contributed by atoms with Crippen LogP contribution in [0, 0.1) is 17.0 Å². The summed E-state index contributed by atoms with van der Waals surface area (Å²) in [5.41, 5.74) is 6.82. The quantitative estimate of drug-likeness (QED) is 0.632. The number of nitrogens with zero attached hydrogens (tertiary/aromatic N) is 3. The van der Waals surface area contributed by atoms with Crippen LogP contribution >= 0.6 is 0 Å². The van der Waals surface area contributed by atoms with Gasteiger partial charge < -0.3 is 11.1 Å². The number of benzene rings is 1. The van der Waals surface area contributed by atoms with Gasteiger partial charge in [-0.3, -0.25) is 10.1 Å². The molecule has 1 aromatic heterocycles. The first-order valence-electron chi connectivity index (χ1n) is 5.17. The number of non-ortho nitro benzene ring substituents is 1. The Balaban J connectivity index is 2.28. The molecule has 18 heavy (non-hydrogen) atoms. The molecule has 0 saturated carbocycles. The van der Waals surface area contributed by atoms with Gasteiger partial charge in [-0.1, -0.05) is 6.07 Å². The largest absolute Gasteiger partial charge is 0.368 e. The zero-order chi connectivity index (χ0) is 13.1. The number of hydrogen-bond donors (Lipinski definition) is 2. The van der Waals surface area contributed by atoms with Crippen LogP contribution in [0.15, 0.2) is 30.3 Å². The lowest BCUT2D eigenvalue weighted by atomic mass is 10.3. The fourth-order valence-electron chi connectivity index (χ4n) is 1.50. The van der Waals surface area contributed by atoms with Gasteiger partial charge in [0.1, 0.15) is 5.82 Å². The third-order valence-corrected chi connectivity index (χ3v) is 2.20. The van der Waals surface area contributed by atoms with Crippen molar-refractivity contribution in [2.45, 2.75) is 6.92 Å². The summed E-state index contributed by atoms with van der Waals surface area (Å²) in [4.78, 5) is 18.1. The van der Waals surface area contributed by atoms with Crippen molar-refractivity contribution < 1.29 is 4.92 Å². The van der Waals surface area contributed by atoms with Crippen LogP contribution in [0.1, 0.15) is 5.69 Å². The standard InChI is InChI=1S/C11H11N5O2/c1-7-5-10(15-11(12)13-7)14-8-3-2-4-9(6-8)16(17)18/h2-6H,1H3,(H3,12,13,14,15). The second-order valence-electron chi connectivity index (χ2n) is 3.69. The van der Waals surface area contributed by atoms with Gasteiger partial charge in [-0.05, 0) is 13.0 Å². The Labute approximate surface area is 103 Å². The number of nitrogen functional groups attached to an aromatic ring is 1. The minimum Gasteiger partial charge on any atom is -0.368 e. The Morgan fingerprint density at radius 2 is 2.11 bits per heavy atom. The summed E-state index contributed by atoms with van der Waals surface area (Å²) < 4.78 is 0. The summed E-state index contributed by atoms with van der Waals surface area (Å²) >= 11 is 0. The number of rotatable bonds is 3. The molecule has 0 aliphatic carbocycles. The van der Waals surface area contributed by atoms with Crippen LogP contribution in [0.4, 0.5) is 23.1 Å². The highest BCUT2D eigenvalue weighted by Crippen LogP contribution is 2.20. The predicted octanol–water partition coefficient (Wildman–Crippen LogP) is 2.02. The average molecular weight is 245 g/mol. The van der Waals surface area contributed by atoms with Crippen molar-refractivity contribution in [2.24, 2.45) is 0 Å². The van der Waals surface area contributed by atoms with E-state index in [0.717, 1.165) is 5.69 Å². The van der Waals surface area contributed by atoms with Crippen molar-refractivity contribution in [1.29, 1.82) is 0 Å². The van der Waals surface area contributed by atoms with Gasteiger partial charge in [0.2, 0.25) is 5.95 Å². The predicted molar refractivity (Wildman–Crippen MR) is 67.6 cm³/mol. The Kier molecular flexibility index (Phi) is 3.05. The van der Waals surface area contributed by atoms with Gasteiger partial charge >= 0.3 is 0 Å². The molecule has 7 heteroatoms. The molecule has 0 spiro atoms. The molecule has 2 rings (SSSR count). The third kappa shape index (κ3) is 2.70. The van der Waals surface area contributed by atoms with Crippen molar-refractivity contribution in [2.75, 3.05) is 11.1 Å². The molecule has 0 radical (unpaired) electrons. The van der Waals surface area contributed by atoms with E-state index in [1.807, 2.05) is 0 Å². The van der Waals surface area contributed by atoms with Gasteiger partial charge in [-0.25, -0.2) is 4.98 Å². The van der Waals surface area contributed by atoms with Gasteiger partial charge in [-0.2, -0.15) is 4.98 Å².